The van der Waals surface area contributed by atoms with E-state index in [1.165, 1.54) is 5.57 Å². The lowest BCUT2D eigenvalue weighted by atomic mass is 9.99. The number of ether oxygens (including phenoxy) is 1. The van der Waals surface area contributed by atoms with E-state index >= 15 is 0 Å². The summed E-state index contributed by atoms with van der Waals surface area (Å²) in [6.45, 7) is 2.10. The van der Waals surface area contributed by atoms with Gasteiger partial charge < -0.3 is 4.74 Å². The number of allylic oxidation sites excluding steroid dienone is 11. The third kappa shape index (κ3) is 5.39. The van der Waals surface area contributed by atoms with E-state index < -0.39 is 13.0 Å². The zero-order chi connectivity index (χ0) is 26.2. The monoisotopic (exact) mass is 515 g/mol. The maximum atomic E-state index is 13.6. The molecule has 0 aromatic heterocycles. The number of hydrogen-bond donors (Lipinski definition) is 0. The average molecular weight is 516 g/mol. The van der Waals surface area contributed by atoms with Crippen molar-refractivity contribution in [3.63, 3.8) is 0 Å². The van der Waals surface area contributed by atoms with Crippen LogP contribution in [0.5, 0.6) is 0 Å². The molecule has 0 radical (unpaired) electrons. The predicted octanol–water partition coefficient (Wildman–Crippen LogP) is 6.92. The summed E-state index contributed by atoms with van der Waals surface area (Å²) in [5.41, 5.74) is 3.63. The van der Waals surface area contributed by atoms with Crippen LogP contribution in [-0.4, -0.2) is 12.6 Å². The Morgan fingerprint density at radius 3 is 1.89 bits per heavy atom. The van der Waals surface area contributed by atoms with E-state index in [9.17, 15) is 4.79 Å². The second kappa shape index (κ2) is 11.9. The Labute approximate surface area is 225 Å². The highest BCUT2D eigenvalue weighted by Gasteiger charge is 2.29. The molecule has 0 aliphatic heterocycles. The molecule has 0 heterocycles. The van der Waals surface area contributed by atoms with Gasteiger partial charge in [-0.3, -0.25) is 0 Å². The van der Waals surface area contributed by atoms with Gasteiger partial charge >= 0.3 is 5.97 Å². The first kappa shape index (κ1) is 25.4. The van der Waals surface area contributed by atoms with E-state index in [0.29, 0.717) is 5.70 Å². The van der Waals surface area contributed by atoms with Crippen LogP contribution in [0.2, 0.25) is 0 Å². The summed E-state index contributed by atoms with van der Waals surface area (Å²) in [6.07, 6.45) is 17.2. The van der Waals surface area contributed by atoms with E-state index in [1.54, 1.807) is 0 Å². The van der Waals surface area contributed by atoms with Crippen LogP contribution >= 0.6 is 7.05 Å². The zero-order valence-electron chi connectivity index (χ0n) is 21.4. The summed E-state index contributed by atoms with van der Waals surface area (Å²) in [7, 11) is -2.63. The van der Waals surface area contributed by atoms with Crippen LogP contribution in [0, 0.1) is 0 Å². The first-order valence-electron chi connectivity index (χ1n) is 12.8. The molecule has 0 amide bonds. The molecule has 0 saturated heterocycles. The van der Waals surface area contributed by atoms with Crippen LogP contribution in [0.4, 0.5) is 0 Å². The molecule has 0 N–H and O–H groups in total. The first-order valence-corrected chi connectivity index (χ1v) is 14.6. The van der Waals surface area contributed by atoms with Crippen LogP contribution < -0.4 is 15.9 Å². The molecule has 0 spiro atoms. The van der Waals surface area contributed by atoms with Crippen molar-refractivity contribution in [3.8, 4) is 0 Å². The van der Waals surface area contributed by atoms with Gasteiger partial charge in [-0.1, -0.05) is 134 Å². The highest BCUT2D eigenvalue weighted by molar-refractivity contribution is 7.87. The summed E-state index contributed by atoms with van der Waals surface area (Å²) in [5.74, 6) is -0.422. The maximum absolute atomic E-state index is 13.6. The highest BCUT2D eigenvalue weighted by Crippen LogP contribution is 2.48. The van der Waals surface area contributed by atoms with Crippen LogP contribution in [0.25, 0.3) is 0 Å². The number of carbonyl (C=O) groups excluding carboxylic acids is 1. The second-order valence-electron chi connectivity index (χ2n) is 8.97. The molecular formula is C34H30NO2P. The summed E-state index contributed by atoms with van der Waals surface area (Å²) in [6, 6.07) is 30.9. The fourth-order valence-electron chi connectivity index (χ4n) is 4.72. The van der Waals surface area contributed by atoms with Gasteiger partial charge in [0, 0.05) is 15.9 Å². The van der Waals surface area contributed by atoms with Gasteiger partial charge in [0.2, 0.25) is 0 Å². The molecule has 0 unspecified atom stereocenters. The summed E-state index contributed by atoms with van der Waals surface area (Å²) < 4.78 is 11.0. The molecule has 2 aliphatic carbocycles. The van der Waals surface area contributed by atoms with Crippen LogP contribution in [0.15, 0.2) is 167 Å². The quantitative estimate of drug-likeness (QED) is 0.195. The van der Waals surface area contributed by atoms with Crippen molar-refractivity contribution < 1.29 is 9.53 Å². The van der Waals surface area contributed by atoms with E-state index in [-0.39, 0.29) is 6.61 Å². The van der Waals surface area contributed by atoms with Crippen molar-refractivity contribution in [2.45, 2.75) is 13.3 Å². The average Bonchev–Trinajstić information content (AvgIpc) is 3.33. The Morgan fingerprint density at radius 1 is 0.789 bits per heavy atom. The van der Waals surface area contributed by atoms with Crippen molar-refractivity contribution in [1.29, 1.82) is 0 Å². The number of fused-ring (bicyclic) bond motifs is 2. The Bertz CT molecular complexity index is 1440. The molecular weight excluding hydrogens is 485 g/mol. The lowest BCUT2D eigenvalue weighted by Gasteiger charge is -2.27. The van der Waals surface area contributed by atoms with Crippen molar-refractivity contribution in [1.82, 2.24) is 0 Å². The minimum absolute atomic E-state index is 0.274. The molecule has 0 atom stereocenters. The number of nitrogens with zero attached hydrogens (tertiary/aromatic N) is 1. The van der Waals surface area contributed by atoms with Gasteiger partial charge in [0.25, 0.3) is 0 Å². The predicted molar refractivity (Wildman–Crippen MR) is 159 cm³/mol. The van der Waals surface area contributed by atoms with Crippen LogP contribution in [0.1, 0.15) is 13.3 Å². The van der Waals surface area contributed by atoms with E-state index in [2.05, 4.69) is 54.6 Å². The summed E-state index contributed by atoms with van der Waals surface area (Å²) >= 11 is 0. The van der Waals surface area contributed by atoms with Gasteiger partial charge in [0.1, 0.15) is 5.70 Å². The van der Waals surface area contributed by atoms with Gasteiger partial charge in [-0.25, -0.2) is 9.54 Å². The Kier molecular flexibility index (Phi) is 7.97. The molecule has 2 bridgehead atoms. The molecule has 38 heavy (non-hydrogen) atoms. The van der Waals surface area contributed by atoms with Crippen LogP contribution in [-0.2, 0) is 9.53 Å². The van der Waals surface area contributed by atoms with E-state index in [0.717, 1.165) is 33.5 Å². The first-order chi connectivity index (χ1) is 18.7. The largest absolute Gasteiger partial charge is 0.461 e. The molecule has 5 rings (SSSR count). The Balaban J connectivity index is 1.83. The molecule has 0 saturated carbocycles. The SMILES string of the molecule is CCOC(=O)/C(=C/C1=CC=CC2=CC=CC=C1C2)N=P(c1ccccc1)(c1ccccc1)c1ccccc1. The van der Waals surface area contributed by atoms with Crippen LogP contribution in [0.3, 0.4) is 0 Å². The normalized spacial score (nSPS) is 15.0. The third-order valence-corrected chi connectivity index (χ3v) is 10.1. The van der Waals surface area contributed by atoms with Crippen molar-refractivity contribution >= 4 is 28.9 Å². The van der Waals surface area contributed by atoms with Gasteiger partial charge in [0.05, 0.1) is 13.7 Å². The lowest BCUT2D eigenvalue weighted by Crippen LogP contribution is -2.26. The van der Waals surface area contributed by atoms with E-state index in [1.807, 2.05) is 91.9 Å². The van der Waals surface area contributed by atoms with Gasteiger partial charge in [0.15, 0.2) is 0 Å². The molecule has 3 aromatic rings. The fraction of sp³-hybridized carbons (Fsp3) is 0.0882. The third-order valence-electron chi connectivity index (χ3n) is 6.49. The zero-order valence-corrected chi connectivity index (χ0v) is 22.3. The molecule has 188 valence electrons. The van der Waals surface area contributed by atoms with Crippen molar-refractivity contribution in [2.75, 3.05) is 6.61 Å². The summed E-state index contributed by atoms with van der Waals surface area (Å²) in [4.78, 5) is 13.6. The standard InChI is InChI=1S/C34H30NO2P/c1-2-37-34(36)33(26-29-18-14-16-27-15-12-13-17-28(29)25-27)35-38(30-19-6-3-7-20-30,31-21-8-4-9-22-31)32-23-10-5-11-24-32/h3-24,26H,2,25H2,1H3/b33-26-. The molecule has 3 nitrogen and oxygen atoms in total. The van der Waals surface area contributed by atoms with Gasteiger partial charge in [-0.2, -0.15) is 0 Å². The Morgan fingerprint density at radius 2 is 1.34 bits per heavy atom. The number of rotatable bonds is 7. The second-order valence-corrected chi connectivity index (χ2v) is 12.0. The lowest BCUT2D eigenvalue weighted by molar-refractivity contribution is -0.138. The number of esters is 1. The topological polar surface area (TPSA) is 38.7 Å². The molecule has 0 fully saturated rings. The minimum atomic E-state index is -2.63. The number of carbonyl (C=O) groups is 1. The van der Waals surface area contributed by atoms with Gasteiger partial charge in [-0.05, 0) is 36.1 Å². The molecule has 2 aliphatic rings. The van der Waals surface area contributed by atoms with Gasteiger partial charge in [-0.15, -0.1) is 0 Å². The number of hydrogen-bond acceptors (Lipinski definition) is 3. The smallest absolute Gasteiger partial charge is 0.356 e. The fourth-order valence-corrected chi connectivity index (χ4v) is 8.23. The molecule has 4 heteroatoms. The summed E-state index contributed by atoms with van der Waals surface area (Å²) in [5, 5.41) is 3.22. The van der Waals surface area contributed by atoms with Crippen molar-refractivity contribution in [2.24, 2.45) is 4.74 Å². The minimum Gasteiger partial charge on any atom is -0.461 e. The molecule has 3 aromatic carbocycles. The Hall–Kier alpha value is -4.20. The highest BCUT2D eigenvalue weighted by atomic mass is 31.2. The number of benzene rings is 3. The maximum Gasteiger partial charge on any atom is 0.356 e. The van der Waals surface area contributed by atoms with Crippen molar-refractivity contribution in [3.05, 3.63) is 162 Å². The van der Waals surface area contributed by atoms with E-state index in [4.69, 9.17) is 9.48 Å².